The first-order valence-corrected chi connectivity index (χ1v) is 10.5. The Morgan fingerprint density at radius 3 is 1.57 bits per heavy atom. The molecule has 0 saturated carbocycles. The summed E-state index contributed by atoms with van der Waals surface area (Å²) >= 11 is 0. The van der Waals surface area contributed by atoms with Gasteiger partial charge < -0.3 is 9.80 Å². The second-order valence-electron chi connectivity index (χ2n) is 8.29. The summed E-state index contributed by atoms with van der Waals surface area (Å²) in [7, 11) is 0. The van der Waals surface area contributed by atoms with Crippen LogP contribution in [0.5, 0.6) is 0 Å². The van der Waals surface area contributed by atoms with Crippen molar-refractivity contribution in [3.8, 4) is 0 Å². The van der Waals surface area contributed by atoms with Gasteiger partial charge in [-0.3, -0.25) is 9.59 Å². The second kappa shape index (κ2) is 7.13. The normalized spacial score (nSPS) is 19.5. The van der Waals surface area contributed by atoms with E-state index in [0.717, 1.165) is 24.2 Å². The first kappa shape index (κ1) is 18.6. The van der Waals surface area contributed by atoms with E-state index in [1.165, 1.54) is 11.1 Å². The summed E-state index contributed by atoms with van der Waals surface area (Å²) < 4.78 is 0. The van der Waals surface area contributed by atoms with Crippen LogP contribution < -0.4 is 9.80 Å². The maximum Gasteiger partial charge on any atom is 0.258 e. The van der Waals surface area contributed by atoms with Crippen molar-refractivity contribution in [3.05, 3.63) is 95.1 Å². The number of rotatable bonds is 2. The van der Waals surface area contributed by atoms with E-state index < -0.39 is 0 Å². The van der Waals surface area contributed by atoms with Crippen molar-refractivity contribution >= 4 is 23.2 Å². The van der Waals surface area contributed by atoms with Crippen molar-refractivity contribution in [2.75, 3.05) is 9.80 Å². The summed E-state index contributed by atoms with van der Waals surface area (Å²) in [6, 6.07) is 23.4. The molecule has 3 aromatic rings. The number of fused-ring (bicyclic) bond motifs is 2. The van der Waals surface area contributed by atoms with E-state index in [-0.39, 0.29) is 23.9 Å². The van der Waals surface area contributed by atoms with Crippen LogP contribution in [0.25, 0.3) is 0 Å². The van der Waals surface area contributed by atoms with Crippen molar-refractivity contribution in [3.63, 3.8) is 0 Å². The Morgan fingerprint density at radius 1 is 0.667 bits per heavy atom. The van der Waals surface area contributed by atoms with Crippen LogP contribution in [0.3, 0.4) is 0 Å². The minimum Gasteiger partial charge on any atom is -0.305 e. The molecule has 0 aliphatic carbocycles. The van der Waals surface area contributed by atoms with Crippen molar-refractivity contribution in [2.45, 2.75) is 38.8 Å². The molecule has 2 aliphatic heterocycles. The SMILES string of the molecule is CC1Cc2ccccc2N1C(=O)c1cccc(C(=O)N2c3ccccc3CC2C)c1. The smallest absolute Gasteiger partial charge is 0.258 e. The number of carbonyl (C=O) groups excluding carboxylic acids is 2. The number of carbonyl (C=O) groups is 2. The van der Waals surface area contributed by atoms with Gasteiger partial charge in [-0.2, -0.15) is 0 Å². The van der Waals surface area contributed by atoms with Gasteiger partial charge in [0.05, 0.1) is 0 Å². The summed E-state index contributed by atoms with van der Waals surface area (Å²) in [6.45, 7) is 4.13. The van der Waals surface area contributed by atoms with Gasteiger partial charge in [0.15, 0.2) is 0 Å². The molecule has 4 nitrogen and oxygen atoms in total. The molecule has 0 spiro atoms. The van der Waals surface area contributed by atoms with Crippen LogP contribution in [0.4, 0.5) is 11.4 Å². The van der Waals surface area contributed by atoms with Crippen LogP contribution in [0.15, 0.2) is 72.8 Å². The van der Waals surface area contributed by atoms with Gasteiger partial charge in [-0.05, 0) is 68.1 Å². The number of benzene rings is 3. The summed E-state index contributed by atoms with van der Waals surface area (Å²) in [5.74, 6) is -0.117. The highest BCUT2D eigenvalue weighted by Crippen LogP contribution is 2.35. The lowest BCUT2D eigenvalue weighted by molar-refractivity contribution is 0.0980. The molecular weight excluding hydrogens is 372 g/mol. The van der Waals surface area contributed by atoms with Crippen LogP contribution in [0.1, 0.15) is 45.7 Å². The Balaban J connectivity index is 1.47. The molecule has 0 saturated heterocycles. The predicted molar refractivity (Wildman–Crippen MR) is 119 cm³/mol. The molecule has 2 aliphatic rings. The van der Waals surface area contributed by atoms with E-state index in [9.17, 15) is 9.59 Å². The number of amides is 2. The van der Waals surface area contributed by atoms with Crippen LogP contribution in [0.2, 0.25) is 0 Å². The summed E-state index contributed by atoms with van der Waals surface area (Å²) in [5, 5.41) is 0. The fourth-order valence-electron chi connectivity index (χ4n) is 4.81. The molecule has 0 aromatic heterocycles. The van der Waals surface area contributed by atoms with Crippen molar-refractivity contribution in [1.29, 1.82) is 0 Å². The van der Waals surface area contributed by atoms with Gasteiger partial charge in [0.2, 0.25) is 0 Å². The third-order valence-corrected chi connectivity index (χ3v) is 6.21. The average Bonchev–Trinajstić information content (AvgIpc) is 3.28. The molecular formula is C26H24N2O2. The number of para-hydroxylation sites is 2. The van der Waals surface area contributed by atoms with E-state index in [2.05, 4.69) is 26.0 Å². The Hall–Kier alpha value is -3.40. The standard InChI is InChI=1S/C26H24N2O2/c1-17-14-19-8-3-5-12-23(19)27(17)25(29)21-10-7-11-22(16-21)26(30)28-18(2)15-20-9-4-6-13-24(20)28/h3-13,16-18H,14-15H2,1-2H3. The zero-order valence-electron chi connectivity index (χ0n) is 17.2. The topological polar surface area (TPSA) is 40.6 Å². The number of nitrogens with zero attached hydrogens (tertiary/aromatic N) is 2. The molecule has 0 fully saturated rings. The molecule has 4 heteroatoms. The number of anilines is 2. The maximum atomic E-state index is 13.4. The molecule has 2 unspecified atom stereocenters. The van der Waals surface area contributed by atoms with Gasteiger partial charge in [0.25, 0.3) is 11.8 Å². The molecule has 0 N–H and O–H groups in total. The van der Waals surface area contributed by atoms with E-state index in [0.29, 0.717) is 11.1 Å². The highest BCUT2D eigenvalue weighted by molar-refractivity contribution is 6.11. The first-order valence-electron chi connectivity index (χ1n) is 10.5. The molecule has 2 amide bonds. The highest BCUT2D eigenvalue weighted by atomic mass is 16.2. The molecule has 0 radical (unpaired) electrons. The Labute approximate surface area is 176 Å². The summed E-state index contributed by atoms with van der Waals surface area (Å²) in [6.07, 6.45) is 1.70. The van der Waals surface area contributed by atoms with Crippen molar-refractivity contribution < 1.29 is 9.59 Å². The number of hydrogen-bond donors (Lipinski definition) is 0. The largest absolute Gasteiger partial charge is 0.305 e. The van der Waals surface area contributed by atoms with Crippen molar-refractivity contribution in [2.24, 2.45) is 0 Å². The number of hydrogen-bond acceptors (Lipinski definition) is 2. The van der Waals surface area contributed by atoms with Gasteiger partial charge in [0, 0.05) is 34.6 Å². The van der Waals surface area contributed by atoms with Crippen LogP contribution in [0, 0.1) is 0 Å². The lowest BCUT2D eigenvalue weighted by Gasteiger charge is -2.24. The monoisotopic (exact) mass is 396 g/mol. The quantitative estimate of drug-likeness (QED) is 0.620. The fourth-order valence-corrected chi connectivity index (χ4v) is 4.81. The van der Waals surface area contributed by atoms with E-state index in [1.807, 2.05) is 46.2 Å². The Morgan fingerprint density at radius 2 is 1.10 bits per heavy atom. The molecule has 2 atom stereocenters. The molecule has 0 bridgehead atoms. The van der Waals surface area contributed by atoms with Gasteiger partial charge in [-0.15, -0.1) is 0 Å². The summed E-state index contributed by atoms with van der Waals surface area (Å²) in [4.78, 5) is 30.5. The summed E-state index contributed by atoms with van der Waals surface area (Å²) in [5.41, 5.74) is 5.40. The Bertz CT molecular complexity index is 1070. The molecule has 150 valence electrons. The van der Waals surface area contributed by atoms with E-state index in [1.54, 1.807) is 24.3 Å². The van der Waals surface area contributed by atoms with E-state index in [4.69, 9.17) is 0 Å². The van der Waals surface area contributed by atoms with Crippen molar-refractivity contribution in [1.82, 2.24) is 0 Å². The third-order valence-electron chi connectivity index (χ3n) is 6.21. The van der Waals surface area contributed by atoms with Crippen LogP contribution in [-0.4, -0.2) is 23.9 Å². The lowest BCUT2D eigenvalue weighted by Crippen LogP contribution is -2.37. The minimum absolute atomic E-state index is 0.0584. The predicted octanol–water partition coefficient (Wildman–Crippen LogP) is 4.87. The van der Waals surface area contributed by atoms with Gasteiger partial charge in [-0.25, -0.2) is 0 Å². The maximum absolute atomic E-state index is 13.4. The van der Waals surface area contributed by atoms with Gasteiger partial charge >= 0.3 is 0 Å². The molecule has 5 rings (SSSR count). The molecule has 3 aromatic carbocycles. The fraction of sp³-hybridized carbons (Fsp3) is 0.231. The molecule has 30 heavy (non-hydrogen) atoms. The molecule has 2 heterocycles. The first-order chi connectivity index (χ1) is 14.5. The third kappa shape index (κ3) is 2.91. The minimum atomic E-state index is -0.0584. The van der Waals surface area contributed by atoms with Gasteiger partial charge in [-0.1, -0.05) is 42.5 Å². The highest BCUT2D eigenvalue weighted by Gasteiger charge is 2.33. The zero-order chi connectivity index (χ0) is 20.8. The van der Waals surface area contributed by atoms with Gasteiger partial charge in [0.1, 0.15) is 0 Å². The zero-order valence-corrected chi connectivity index (χ0v) is 17.2. The Kier molecular flexibility index (Phi) is 4.43. The van der Waals surface area contributed by atoms with Crippen LogP contribution in [-0.2, 0) is 12.8 Å². The average molecular weight is 396 g/mol. The van der Waals surface area contributed by atoms with Crippen LogP contribution >= 0.6 is 0 Å². The lowest BCUT2D eigenvalue weighted by atomic mass is 10.1. The van der Waals surface area contributed by atoms with E-state index >= 15 is 0 Å². The second-order valence-corrected chi connectivity index (χ2v) is 8.29.